The van der Waals surface area contributed by atoms with E-state index in [1.54, 1.807) is 13.4 Å². The molecule has 0 amide bonds. The van der Waals surface area contributed by atoms with Crippen molar-refractivity contribution in [3.05, 3.63) is 89.2 Å². The van der Waals surface area contributed by atoms with Crippen molar-refractivity contribution in [3.8, 4) is 17.4 Å². The van der Waals surface area contributed by atoms with Gasteiger partial charge in [0, 0.05) is 18.0 Å². The summed E-state index contributed by atoms with van der Waals surface area (Å²) in [5, 5.41) is 11.3. The normalized spacial score (nSPS) is 14.6. The molecule has 0 bridgehead atoms. The number of aromatic nitrogens is 2. The van der Waals surface area contributed by atoms with Crippen molar-refractivity contribution in [2.24, 2.45) is 0 Å². The van der Waals surface area contributed by atoms with Crippen LogP contribution >= 0.6 is 0 Å². The number of hydrogen-bond donors (Lipinski definition) is 1. The van der Waals surface area contributed by atoms with Crippen LogP contribution in [0.5, 0.6) is 17.4 Å². The van der Waals surface area contributed by atoms with Gasteiger partial charge < -0.3 is 14.0 Å². The lowest BCUT2D eigenvalue weighted by Gasteiger charge is -2.29. The number of aryl methyl sites for hydroxylation is 1. The first kappa shape index (κ1) is 19.4. The first-order valence-electron chi connectivity index (χ1n) is 10.7. The number of benzene rings is 3. The molecule has 1 aliphatic heterocycles. The minimum atomic E-state index is -0.148. The van der Waals surface area contributed by atoms with E-state index in [1.165, 1.54) is 0 Å². The van der Waals surface area contributed by atoms with Gasteiger partial charge in [-0.3, -0.25) is 5.41 Å². The monoisotopic (exact) mass is 411 g/mol. The van der Waals surface area contributed by atoms with Crippen LogP contribution in [0.15, 0.2) is 67.0 Å². The number of hydrogen-bond acceptors (Lipinski definition) is 4. The van der Waals surface area contributed by atoms with E-state index >= 15 is 0 Å². The number of ether oxygens (including phenoxy) is 2. The smallest absolute Gasteiger partial charge is 0.228 e. The number of fused-ring (bicyclic) bond motifs is 4. The molecule has 156 valence electrons. The van der Waals surface area contributed by atoms with Crippen LogP contribution in [0.3, 0.4) is 0 Å². The zero-order valence-electron chi connectivity index (χ0n) is 17.8. The highest BCUT2D eigenvalue weighted by atomic mass is 16.5. The SMILES string of the molecule is CCCCn1cnc2c(c1=N)C(c1ccc(OC)cc1)c1c(ccc3ccccc13)O2. The van der Waals surface area contributed by atoms with E-state index in [4.69, 9.17) is 14.9 Å². The summed E-state index contributed by atoms with van der Waals surface area (Å²) in [4.78, 5) is 4.62. The molecule has 1 unspecified atom stereocenters. The maximum absolute atomic E-state index is 9.03. The van der Waals surface area contributed by atoms with Crippen molar-refractivity contribution in [2.75, 3.05) is 7.11 Å². The molecular weight excluding hydrogens is 386 g/mol. The van der Waals surface area contributed by atoms with Crippen LogP contribution in [0.25, 0.3) is 10.8 Å². The molecule has 1 atom stereocenters. The average Bonchev–Trinajstić information content (AvgIpc) is 2.82. The average molecular weight is 412 g/mol. The van der Waals surface area contributed by atoms with Crippen LogP contribution in [0.2, 0.25) is 0 Å². The molecule has 31 heavy (non-hydrogen) atoms. The Morgan fingerprint density at radius 1 is 1.03 bits per heavy atom. The van der Waals surface area contributed by atoms with Gasteiger partial charge in [0.05, 0.1) is 12.7 Å². The minimum Gasteiger partial charge on any atom is -0.497 e. The summed E-state index contributed by atoms with van der Waals surface area (Å²) in [6, 6.07) is 20.5. The van der Waals surface area contributed by atoms with E-state index in [0.717, 1.165) is 58.3 Å². The summed E-state index contributed by atoms with van der Waals surface area (Å²) in [5.74, 6) is 1.97. The van der Waals surface area contributed by atoms with Gasteiger partial charge in [0.2, 0.25) is 5.88 Å². The Labute approximate surface area is 181 Å². The number of methoxy groups -OCH3 is 1. The van der Waals surface area contributed by atoms with E-state index in [1.807, 2.05) is 28.8 Å². The Morgan fingerprint density at radius 3 is 2.61 bits per heavy atom. The molecule has 5 rings (SSSR count). The van der Waals surface area contributed by atoms with Crippen molar-refractivity contribution >= 4 is 10.8 Å². The molecule has 0 saturated carbocycles. The quantitative estimate of drug-likeness (QED) is 0.409. The lowest BCUT2D eigenvalue weighted by Crippen LogP contribution is -2.30. The van der Waals surface area contributed by atoms with Gasteiger partial charge >= 0.3 is 0 Å². The molecule has 0 aliphatic carbocycles. The van der Waals surface area contributed by atoms with Crippen molar-refractivity contribution in [2.45, 2.75) is 32.2 Å². The van der Waals surface area contributed by atoms with Crippen LogP contribution in [-0.4, -0.2) is 16.7 Å². The lowest BCUT2D eigenvalue weighted by atomic mass is 9.81. The number of nitrogens with one attached hydrogen (secondary N) is 1. The third kappa shape index (κ3) is 3.26. The summed E-state index contributed by atoms with van der Waals surface area (Å²) in [6.45, 7) is 2.93. The van der Waals surface area contributed by atoms with Crippen molar-refractivity contribution in [1.82, 2.24) is 9.55 Å². The topological polar surface area (TPSA) is 60.1 Å². The highest BCUT2D eigenvalue weighted by Crippen LogP contribution is 2.48. The minimum absolute atomic E-state index is 0.148. The van der Waals surface area contributed by atoms with Crippen molar-refractivity contribution in [3.63, 3.8) is 0 Å². The molecule has 1 N–H and O–H groups in total. The van der Waals surface area contributed by atoms with Crippen LogP contribution in [0.1, 0.15) is 42.4 Å². The third-order valence-electron chi connectivity index (χ3n) is 6.00. The maximum Gasteiger partial charge on any atom is 0.228 e. The molecule has 3 aromatic carbocycles. The first-order valence-corrected chi connectivity index (χ1v) is 10.7. The molecule has 2 heterocycles. The van der Waals surface area contributed by atoms with Crippen molar-refractivity contribution in [1.29, 1.82) is 5.41 Å². The Kier molecular flexibility index (Phi) is 4.94. The summed E-state index contributed by atoms with van der Waals surface area (Å²) in [6.07, 6.45) is 3.80. The van der Waals surface area contributed by atoms with E-state index in [0.29, 0.717) is 11.4 Å². The highest BCUT2D eigenvalue weighted by molar-refractivity contribution is 5.90. The van der Waals surface area contributed by atoms with Crippen LogP contribution in [0.4, 0.5) is 0 Å². The second-order valence-electron chi connectivity index (χ2n) is 7.87. The second-order valence-corrected chi connectivity index (χ2v) is 7.87. The van der Waals surface area contributed by atoms with Crippen LogP contribution < -0.4 is 15.0 Å². The molecule has 0 spiro atoms. The maximum atomic E-state index is 9.03. The molecule has 1 aromatic heterocycles. The summed E-state index contributed by atoms with van der Waals surface area (Å²) in [7, 11) is 1.67. The second kappa shape index (κ2) is 7.91. The molecule has 5 heteroatoms. The zero-order valence-corrected chi connectivity index (χ0v) is 17.8. The molecule has 5 nitrogen and oxygen atoms in total. The van der Waals surface area contributed by atoms with E-state index in [2.05, 4.69) is 48.3 Å². The predicted octanol–water partition coefficient (Wildman–Crippen LogP) is 5.61. The number of nitrogens with zero attached hydrogens (tertiary/aromatic N) is 2. The lowest BCUT2D eigenvalue weighted by molar-refractivity contribution is 0.414. The Morgan fingerprint density at radius 2 is 1.84 bits per heavy atom. The number of unbranched alkanes of at least 4 members (excludes halogenated alkanes) is 1. The fraction of sp³-hybridized carbons (Fsp3) is 0.231. The highest BCUT2D eigenvalue weighted by Gasteiger charge is 2.33. The summed E-state index contributed by atoms with van der Waals surface area (Å²) >= 11 is 0. The zero-order chi connectivity index (χ0) is 21.4. The standard InChI is InChI=1S/C26H25N3O2/c1-3-4-15-29-16-28-26-24(25(29)27)22(18-9-12-19(30-2)13-10-18)23-20-8-6-5-7-17(20)11-14-21(23)31-26/h5-14,16,22,27H,3-4,15H2,1-2H3. The fourth-order valence-corrected chi connectivity index (χ4v) is 4.39. The fourth-order valence-electron chi connectivity index (χ4n) is 4.39. The Bertz CT molecular complexity index is 1310. The molecule has 1 aliphatic rings. The van der Waals surface area contributed by atoms with Crippen LogP contribution in [-0.2, 0) is 6.54 Å². The van der Waals surface area contributed by atoms with Gasteiger partial charge in [-0.25, -0.2) is 4.98 Å². The van der Waals surface area contributed by atoms with Crippen molar-refractivity contribution < 1.29 is 9.47 Å². The van der Waals surface area contributed by atoms with Gasteiger partial charge in [0.1, 0.15) is 23.3 Å². The van der Waals surface area contributed by atoms with E-state index in [-0.39, 0.29) is 5.92 Å². The molecule has 0 fully saturated rings. The predicted molar refractivity (Wildman–Crippen MR) is 121 cm³/mol. The summed E-state index contributed by atoms with van der Waals surface area (Å²) in [5.41, 5.74) is 3.44. The van der Waals surface area contributed by atoms with Gasteiger partial charge in [-0.1, -0.05) is 55.8 Å². The van der Waals surface area contributed by atoms with E-state index < -0.39 is 0 Å². The van der Waals surface area contributed by atoms with Gasteiger partial charge in [0.15, 0.2) is 0 Å². The van der Waals surface area contributed by atoms with Gasteiger partial charge in [-0.15, -0.1) is 0 Å². The molecular formula is C26H25N3O2. The Hall–Kier alpha value is -3.60. The van der Waals surface area contributed by atoms with Crippen LogP contribution in [0, 0.1) is 5.41 Å². The number of rotatable bonds is 5. The van der Waals surface area contributed by atoms with Gasteiger partial charge in [0.25, 0.3) is 0 Å². The first-order chi connectivity index (χ1) is 15.2. The van der Waals surface area contributed by atoms with Gasteiger partial charge in [-0.05, 0) is 41.0 Å². The molecule has 0 radical (unpaired) electrons. The third-order valence-corrected chi connectivity index (χ3v) is 6.00. The largest absolute Gasteiger partial charge is 0.497 e. The summed E-state index contributed by atoms with van der Waals surface area (Å²) < 4.78 is 13.6. The molecule has 0 saturated heterocycles. The Balaban J connectivity index is 1.79. The molecule has 4 aromatic rings. The van der Waals surface area contributed by atoms with E-state index in [9.17, 15) is 0 Å². The van der Waals surface area contributed by atoms with Gasteiger partial charge in [-0.2, -0.15) is 0 Å².